The first-order valence-corrected chi connectivity index (χ1v) is 9.66. The molecule has 1 atom stereocenters. The van der Waals surface area contributed by atoms with E-state index in [0.29, 0.717) is 35.9 Å². The molecule has 0 spiro atoms. The number of likely N-dealkylation sites (tertiary alicyclic amines) is 1. The summed E-state index contributed by atoms with van der Waals surface area (Å²) in [7, 11) is 0. The maximum absolute atomic E-state index is 6.05. The number of hydrogen-bond donors (Lipinski definition) is 0. The van der Waals surface area contributed by atoms with Gasteiger partial charge in [0.05, 0.1) is 13.2 Å². The van der Waals surface area contributed by atoms with Gasteiger partial charge in [-0.1, -0.05) is 41.0 Å². The molecule has 6 heteroatoms. The van der Waals surface area contributed by atoms with Crippen LogP contribution in [0.5, 0.6) is 5.75 Å². The first-order chi connectivity index (χ1) is 13.2. The van der Waals surface area contributed by atoms with Crippen LogP contribution in [0, 0.1) is 0 Å². The zero-order valence-electron chi connectivity index (χ0n) is 15.3. The van der Waals surface area contributed by atoms with E-state index in [2.05, 4.69) is 27.2 Å². The van der Waals surface area contributed by atoms with Gasteiger partial charge in [-0.3, -0.25) is 4.90 Å². The van der Waals surface area contributed by atoms with E-state index < -0.39 is 0 Å². The Morgan fingerprint density at radius 1 is 1.22 bits per heavy atom. The Hall–Kier alpha value is -2.37. The summed E-state index contributed by atoms with van der Waals surface area (Å²) >= 11 is 6.05. The molecule has 1 aliphatic rings. The van der Waals surface area contributed by atoms with Gasteiger partial charge in [0.15, 0.2) is 0 Å². The summed E-state index contributed by atoms with van der Waals surface area (Å²) < 4.78 is 11.0. The normalized spacial score (nSPS) is 17.3. The summed E-state index contributed by atoms with van der Waals surface area (Å²) in [5, 5.41) is 4.77. The number of hydrogen-bond acceptors (Lipinski definition) is 5. The second kappa shape index (κ2) is 8.11. The molecule has 1 fully saturated rings. The van der Waals surface area contributed by atoms with Crippen LogP contribution in [0.15, 0.2) is 53.1 Å². The van der Waals surface area contributed by atoms with Gasteiger partial charge in [0.1, 0.15) is 5.75 Å². The molecule has 1 aliphatic heterocycles. The van der Waals surface area contributed by atoms with Crippen molar-refractivity contribution in [1.82, 2.24) is 15.0 Å². The van der Waals surface area contributed by atoms with Crippen LogP contribution in [-0.2, 0) is 6.54 Å². The number of benzene rings is 2. The number of ether oxygens (including phenoxy) is 1. The monoisotopic (exact) mass is 383 g/mol. The lowest BCUT2D eigenvalue weighted by atomic mass is 10.0. The second-order valence-corrected chi connectivity index (χ2v) is 7.09. The minimum Gasteiger partial charge on any atom is -0.494 e. The maximum atomic E-state index is 6.05. The van der Waals surface area contributed by atoms with E-state index in [-0.39, 0.29) is 0 Å². The Balaban J connectivity index is 1.47. The van der Waals surface area contributed by atoms with E-state index in [4.69, 9.17) is 20.9 Å². The molecule has 0 aliphatic carbocycles. The highest BCUT2D eigenvalue weighted by atomic mass is 35.5. The van der Waals surface area contributed by atoms with E-state index >= 15 is 0 Å². The number of rotatable bonds is 6. The third kappa shape index (κ3) is 4.15. The van der Waals surface area contributed by atoms with Crippen LogP contribution in [0.2, 0.25) is 5.02 Å². The van der Waals surface area contributed by atoms with Crippen LogP contribution in [0.4, 0.5) is 0 Å². The Bertz CT molecular complexity index is 894. The lowest BCUT2D eigenvalue weighted by molar-refractivity contribution is 0.212. The third-order valence-electron chi connectivity index (χ3n) is 4.83. The van der Waals surface area contributed by atoms with Gasteiger partial charge in [-0.2, -0.15) is 4.98 Å². The second-order valence-electron chi connectivity index (χ2n) is 6.65. The molecular weight excluding hydrogens is 362 g/mol. The van der Waals surface area contributed by atoms with Gasteiger partial charge in [-0.15, -0.1) is 0 Å². The van der Waals surface area contributed by atoms with Crippen molar-refractivity contribution in [2.45, 2.75) is 32.4 Å². The Labute approximate surface area is 163 Å². The molecule has 1 aromatic heterocycles. The quantitative estimate of drug-likeness (QED) is 0.590. The predicted octanol–water partition coefficient (Wildman–Crippen LogP) is 5.13. The molecule has 0 radical (unpaired) electrons. The van der Waals surface area contributed by atoms with Crippen LogP contribution in [0.1, 0.15) is 37.3 Å². The maximum Gasteiger partial charge on any atom is 0.241 e. The van der Waals surface area contributed by atoms with Crippen molar-refractivity contribution in [3.8, 4) is 17.1 Å². The van der Waals surface area contributed by atoms with Gasteiger partial charge in [-0.25, -0.2) is 0 Å². The minimum absolute atomic E-state index is 0.363. The fraction of sp³-hybridized carbons (Fsp3) is 0.333. The van der Waals surface area contributed by atoms with E-state index in [1.165, 1.54) is 5.56 Å². The highest BCUT2D eigenvalue weighted by molar-refractivity contribution is 6.30. The van der Waals surface area contributed by atoms with Crippen LogP contribution in [-0.4, -0.2) is 28.2 Å². The van der Waals surface area contributed by atoms with Crippen LogP contribution in [0.25, 0.3) is 11.4 Å². The fourth-order valence-corrected chi connectivity index (χ4v) is 3.77. The van der Waals surface area contributed by atoms with Gasteiger partial charge in [-0.05, 0) is 56.1 Å². The van der Waals surface area contributed by atoms with Crippen molar-refractivity contribution in [2.75, 3.05) is 13.2 Å². The Kier molecular flexibility index (Phi) is 5.41. The minimum atomic E-state index is 0.363. The van der Waals surface area contributed by atoms with Gasteiger partial charge < -0.3 is 9.26 Å². The standard InChI is InChI=1S/C21H22ClN3O2/c1-2-26-18-10-8-15(9-11-18)19-7-4-12-25(19)14-20-23-21(24-27-20)16-5-3-6-17(22)13-16/h3,5-6,8-11,13,19H,2,4,7,12,14H2,1H3/t19-/m1/s1. The van der Waals surface area contributed by atoms with E-state index in [9.17, 15) is 0 Å². The zero-order chi connectivity index (χ0) is 18.6. The van der Waals surface area contributed by atoms with Gasteiger partial charge >= 0.3 is 0 Å². The van der Waals surface area contributed by atoms with E-state index in [1.54, 1.807) is 0 Å². The average Bonchev–Trinajstić information content (AvgIpc) is 3.33. The van der Waals surface area contributed by atoms with Gasteiger partial charge in [0, 0.05) is 16.6 Å². The van der Waals surface area contributed by atoms with Crippen molar-refractivity contribution < 1.29 is 9.26 Å². The van der Waals surface area contributed by atoms with Crippen LogP contribution >= 0.6 is 11.6 Å². The molecule has 4 rings (SSSR count). The number of halogens is 1. The third-order valence-corrected chi connectivity index (χ3v) is 5.06. The predicted molar refractivity (Wildman–Crippen MR) is 105 cm³/mol. The molecule has 0 bridgehead atoms. The average molecular weight is 384 g/mol. The first-order valence-electron chi connectivity index (χ1n) is 9.28. The topological polar surface area (TPSA) is 51.4 Å². The molecule has 2 aromatic carbocycles. The van der Waals surface area contributed by atoms with Crippen molar-refractivity contribution >= 4 is 11.6 Å². The summed E-state index contributed by atoms with van der Waals surface area (Å²) in [5.74, 6) is 2.11. The summed E-state index contributed by atoms with van der Waals surface area (Å²) in [6.45, 7) is 4.34. The van der Waals surface area contributed by atoms with Gasteiger partial charge in [0.2, 0.25) is 11.7 Å². The summed E-state index contributed by atoms with van der Waals surface area (Å²) in [4.78, 5) is 6.95. The van der Waals surface area contributed by atoms with Crippen molar-refractivity contribution in [3.63, 3.8) is 0 Å². The fourth-order valence-electron chi connectivity index (χ4n) is 3.58. The SMILES string of the molecule is CCOc1ccc([C@H]2CCCN2Cc2nc(-c3cccc(Cl)c3)no2)cc1. The Morgan fingerprint density at radius 3 is 2.85 bits per heavy atom. The molecule has 2 heterocycles. The van der Waals surface area contributed by atoms with Crippen molar-refractivity contribution in [1.29, 1.82) is 0 Å². The molecule has 0 N–H and O–H groups in total. The highest BCUT2D eigenvalue weighted by Gasteiger charge is 2.27. The number of nitrogens with zero attached hydrogens (tertiary/aromatic N) is 3. The molecule has 0 saturated carbocycles. The lowest BCUT2D eigenvalue weighted by Crippen LogP contribution is -2.22. The summed E-state index contributed by atoms with van der Waals surface area (Å²) in [6, 6.07) is 16.2. The van der Waals surface area contributed by atoms with Gasteiger partial charge in [0.25, 0.3) is 0 Å². The summed E-state index contributed by atoms with van der Waals surface area (Å²) in [5.41, 5.74) is 2.16. The van der Waals surface area contributed by atoms with E-state index in [0.717, 1.165) is 30.7 Å². The molecule has 5 nitrogen and oxygen atoms in total. The molecular formula is C21H22ClN3O2. The van der Waals surface area contributed by atoms with E-state index in [1.807, 2.05) is 43.3 Å². The highest BCUT2D eigenvalue weighted by Crippen LogP contribution is 2.34. The molecule has 3 aromatic rings. The zero-order valence-corrected chi connectivity index (χ0v) is 16.0. The van der Waals surface area contributed by atoms with Crippen LogP contribution < -0.4 is 4.74 Å². The first kappa shape index (κ1) is 18.0. The molecule has 140 valence electrons. The largest absolute Gasteiger partial charge is 0.494 e. The molecule has 27 heavy (non-hydrogen) atoms. The molecule has 0 amide bonds. The summed E-state index contributed by atoms with van der Waals surface area (Å²) in [6.07, 6.45) is 2.29. The lowest BCUT2D eigenvalue weighted by Gasteiger charge is -2.23. The smallest absolute Gasteiger partial charge is 0.241 e. The molecule has 1 saturated heterocycles. The Morgan fingerprint density at radius 2 is 2.07 bits per heavy atom. The van der Waals surface area contributed by atoms with Crippen LogP contribution in [0.3, 0.4) is 0 Å². The number of aromatic nitrogens is 2. The molecule has 0 unspecified atom stereocenters. The van der Waals surface area contributed by atoms with Crippen molar-refractivity contribution in [2.24, 2.45) is 0 Å². The van der Waals surface area contributed by atoms with Crippen molar-refractivity contribution in [3.05, 3.63) is 65.0 Å².